The van der Waals surface area contributed by atoms with Crippen molar-refractivity contribution < 1.29 is 24.0 Å². The Labute approximate surface area is 203 Å². The van der Waals surface area contributed by atoms with Crippen LogP contribution in [0.25, 0.3) is 0 Å². The molecule has 0 aromatic carbocycles. The second-order valence-corrected chi connectivity index (χ2v) is 11.8. The van der Waals surface area contributed by atoms with Gasteiger partial charge in [0.15, 0.2) is 5.75 Å². The van der Waals surface area contributed by atoms with Crippen LogP contribution in [0.3, 0.4) is 0 Å². The Morgan fingerprint density at radius 3 is 2.94 bits per heavy atom. The molecule has 0 spiro atoms. The number of carbonyl (C=O) groups excluding carboxylic acids is 2. The average Bonchev–Trinajstić information content (AvgIpc) is 3.32. The van der Waals surface area contributed by atoms with E-state index in [9.17, 15) is 28.8 Å². The van der Waals surface area contributed by atoms with Gasteiger partial charge in [-0.15, -0.1) is 23.5 Å². The summed E-state index contributed by atoms with van der Waals surface area (Å²) in [6.07, 6.45) is 1.54. The molecule has 0 bridgehead atoms. The second-order valence-electron chi connectivity index (χ2n) is 7.12. The topological polar surface area (TPSA) is 156 Å². The number of hydrogen-bond donors (Lipinski definition) is 3. The second kappa shape index (κ2) is 9.93. The Morgan fingerprint density at radius 2 is 2.24 bits per heavy atom. The summed E-state index contributed by atoms with van der Waals surface area (Å²) in [7, 11) is 0. The van der Waals surface area contributed by atoms with Gasteiger partial charge in [-0.05, 0) is 29.5 Å². The summed E-state index contributed by atoms with van der Waals surface area (Å²) in [6.45, 7) is 1.78. The third-order valence-electron chi connectivity index (χ3n) is 4.88. The molecule has 4 rings (SSSR count). The Bertz CT molecular complexity index is 1180. The first-order chi connectivity index (χ1) is 15.8. The summed E-state index contributed by atoms with van der Waals surface area (Å²) in [5.74, 6) is -1.96. The minimum Gasteiger partial charge on any atom is -0.610 e. The summed E-state index contributed by atoms with van der Waals surface area (Å²) in [4.78, 5) is 56.1. The molecule has 1 fully saturated rings. The fourth-order valence-electron chi connectivity index (χ4n) is 3.34. The number of amides is 2. The molecule has 10 nitrogen and oxygen atoms in total. The van der Waals surface area contributed by atoms with Crippen LogP contribution in [0, 0.1) is 6.92 Å². The minimum absolute atomic E-state index is 0.105. The molecule has 3 atom stereocenters. The van der Waals surface area contributed by atoms with Crippen molar-refractivity contribution in [3.63, 3.8) is 0 Å². The lowest BCUT2D eigenvalue weighted by Gasteiger charge is -2.49. The zero-order valence-corrected chi connectivity index (χ0v) is 20.4. The van der Waals surface area contributed by atoms with E-state index in [1.807, 2.05) is 0 Å². The summed E-state index contributed by atoms with van der Waals surface area (Å²) in [5.41, 5.74) is 0.685. The largest absolute Gasteiger partial charge is 0.610 e. The number of nitrogens with zero attached hydrogens (tertiary/aromatic N) is 2. The molecule has 2 unspecified atom stereocenters. The van der Waals surface area contributed by atoms with Crippen LogP contribution in [0.4, 0.5) is 0 Å². The number of aromatic nitrogens is 2. The predicted molar refractivity (Wildman–Crippen MR) is 126 cm³/mol. The molecular weight excluding hydrogens is 508 g/mol. The first kappa shape index (κ1) is 23.9. The van der Waals surface area contributed by atoms with E-state index >= 15 is 0 Å². The van der Waals surface area contributed by atoms with Crippen LogP contribution in [0.5, 0.6) is 0 Å². The highest BCUT2D eigenvalue weighted by atomic mass is 32.2. The highest BCUT2D eigenvalue weighted by Gasteiger charge is 2.54. The number of carboxylic acids is 1. The number of thioether (sulfide) groups is 2. The van der Waals surface area contributed by atoms with Crippen molar-refractivity contribution in [2.75, 3.05) is 17.3 Å². The van der Waals surface area contributed by atoms with Gasteiger partial charge in [0.2, 0.25) is 4.21 Å². The number of fused-ring (bicyclic) bond motifs is 1. The smallest absolute Gasteiger partial charge is 0.352 e. The molecule has 2 aliphatic rings. The maximum absolute atomic E-state index is 12.7. The Morgan fingerprint density at radius 1 is 1.45 bits per heavy atom. The number of nitrogens with one attached hydrogen (secondary N) is 2. The van der Waals surface area contributed by atoms with Crippen LogP contribution in [0.1, 0.15) is 5.56 Å². The van der Waals surface area contributed by atoms with Gasteiger partial charge in [-0.25, -0.2) is 9.59 Å². The zero-order valence-electron chi connectivity index (χ0n) is 17.1. The van der Waals surface area contributed by atoms with Crippen LogP contribution in [-0.2, 0) is 25.6 Å². The fourth-order valence-corrected chi connectivity index (χ4v) is 7.71. The van der Waals surface area contributed by atoms with E-state index in [0.717, 1.165) is 5.56 Å². The fraction of sp³-hybridized carbons (Fsp3) is 0.316. The maximum Gasteiger partial charge on any atom is 0.352 e. The summed E-state index contributed by atoms with van der Waals surface area (Å²) in [6, 6.07) is 2.54. The molecule has 1 saturated heterocycles. The number of aromatic amines is 1. The first-order valence-electron chi connectivity index (χ1n) is 9.56. The van der Waals surface area contributed by atoms with E-state index < -0.39 is 46.1 Å². The average molecular weight is 527 g/mol. The molecule has 3 N–H and O–H groups in total. The molecule has 0 aliphatic carbocycles. The number of carboxylic acid groups (broad SMARTS) is 1. The lowest BCUT2D eigenvalue weighted by molar-refractivity contribution is -0.150. The number of thiophene rings is 1. The van der Waals surface area contributed by atoms with Gasteiger partial charge in [0.25, 0.3) is 11.8 Å². The molecule has 2 aliphatic heterocycles. The normalized spacial score (nSPS) is 20.8. The van der Waals surface area contributed by atoms with Crippen molar-refractivity contribution in [3.05, 3.63) is 51.0 Å². The quantitative estimate of drug-likeness (QED) is 0.196. The summed E-state index contributed by atoms with van der Waals surface area (Å²) in [5, 5.41) is 14.1. The van der Waals surface area contributed by atoms with Gasteiger partial charge in [-0.1, -0.05) is 11.3 Å². The van der Waals surface area contributed by atoms with Gasteiger partial charge in [0.1, 0.15) is 22.1 Å². The van der Waals surface area contributed by atoms with Crippen LogP contribution < -0.4 is 11.0 Å². The monoisotopic (exact) mass is 526 g/mol. The number of carbonyl (C=O) groups is 3. The standard InChI is InChI=1S/C19H18N4O6S4/c1-9-5-20-19(28)22-15(9)31-6-10-7-32-17-13(16(25)23(17)14(10)18(26)27)21-11(24)8-33(29)12-3-2-4-30-12/h2-5,13,17H,6-8H2,1H3,(H,21,24)(H,26,27)(H,20,22,28)/t13?,17-,33?/m0/s1. The zero-order chi connectivity index (χ0) is 23.7. The van der Waals surface area contributed by atoms with Crippen molar-refractivity contribution in [1.29, 1.82) is 0 Å². The van der Waals surface area contributed by atoms with Crippen LogP contribution in [0.15, 0.2) is 49.0 Å². The molecule has 0 saturated carbocycles. The van der Waals surface area contributed by atoms with Gasteiger partial charge < -0.3 is 20.0 Å². The highest BCUT2D eigenvalue weighted by molar-refractivity contribution is 8.01. The molecule has 14 heteroatoms. The van der Waals surface area contributed by atoms with E-state index in [-0.39, 0.29) is 17.2 Å². The number of rotatable bonds is 8. The molecule has 2 amide bonds. The molecule has 0 radical (unpaired) electrons. The van der Waals surface area contributed by atoms with Crippen molar-refractivity contribution in [2.45, 2.75) is 27.6 Å². The number of aliphatic carboxylic acids is 1. The summed E-state index contributed by atoms with van der Waals surface area (Å²) < 4.78 is 12.8. The van der Waals surface area contributed by atoms with E-state index in [1.54, 1.807) is 24.4 Å². The van der Waals surface area contributed by atoms with Crippen LogP contribution in [-0.4, -0.2) is 71.0 Å². The van der Waals surface area contributed by atoms with Crippen molar-refractivity contribution in [3.8, 4) is 0 Å². The van der Waals surface area contributed by atoms with Gasteiger partial charge in [-0.2, -0.15) is 4.98 Å². The Hall–Kier alpha value is -2.26. The number of β-lactam (4-membered cyclic amide) rings is 1. The Balaban J connectivity index is 1.43. The molecule has 33 heavy (non-hydrogen) atoms. The van der Waals surface area contributed by atoms with Gasteiger partial charge in [-0.3, -0.25) is 14.5 Å². The van der Waals surface area contributed by atoms with Gasteiger partial charge in [0, 0.05) is 34.9 Å². The Kier molecular flexibility index (Phi) is 7.19. The van der Waals surface area contributed by atoms with Gasteiger partial charge in [0.05, 0.1) is 0 Å². The van der Waals surface area contributed by atoms with E-state index in [4.69, 9.17) is 0 Å². The number of H-pyrrole nitrogens is 1. The van der Waals surface area contributed by atoms with Crippen molar-refractivity contribution >= 4 is 63.8 Å². The molecular formula is C19H18N4O6S4. The minimum atomic E-state index is -1.50. The molecule has 174 valence electrons. The van der Waals surface area contributed by atoms with E-state index in [1.165, 1.54) is 46.0 Å². The first-order valence-corrected chi connectivity index (χ1v) is 13.8. The summed E-state index contributed by atoms with van der Waals surface area (Å²) >= 11 is 2.36. The maximum atomic E-state index is 12.7. The predicted octanol–water partition coefficient (Wildman–Crippen LogP) is 0.778. The van der Waals surface area contributed by atoms with Crippen LogP contribution >= 0.6 is 34.9 Å². The van der Waals surface area contributed by atoms with Crippen LogP contribution in [0.2, 0.25) is 0 Å². The third-order valence-corrected chi connectivity index (χ3v) is 10.0. The molecule has 2 aromatic rings. The van der Waals surface area contributed by atoms with Gasteiger partial charge >= 0.3 is 11.7 Å². The van der Waals surface area contributed by atoms with Crippen molar-refractivity contribution in [2.24, 2.45) is 0 Å². The highest BCUT2D eigenvalue weighted by Crippen LogP contribution is 2.41. The SMILES string of the molecule is Cc1c[nH]c(=O)nc1SCC1=C(C(=O)O)N2C(=O)C(NC(=O)C[S+]([O-])c3cccs3)[C@@H]2SC1. The molecule has 2 aromatic heterocycles. The van der Waals surface area contributed by atoms with E-state index in [0.29, 0.717) is 20.6 Å². The molecule has 4 heterocycles. The van der Waals surface area contributed by atoms with E-state index in [2.05, 4.69) is 15.3 Å². The lowest BCUT2D eigenvalue weighted by Crippen LogP contribution is -2.70. The van der Waals surface area contributed by atoms with Crippen molar-refractivity contribution in [1.82, 2.24) is 20.2 Å². The number of hydrogen-bond acceptors (Lipinski definition) is 9. The number of aryl methyl sites for hydroxylation is 1. The lowest BCUT2D eigenvalue weighted by atomic mass is 10.0. The third kappa shape index (κ3) is 4.99.